The van der Waals surface area contributed by atoms with E-state index >= 15 is 0 Å². The van der Waals surface area contributed by atoms with E-state index in [4.69, 9.17) is 10.6 Å². The molecule has 2 rings (SSSR count). The highest BCUT2D eigenvalue weighted by Gasteiger charge is 2.35. The largest absolute Gasteiger partial charge is 0.463 e. The zero-order valence-corrected chi connectivity index (χ0v) is 13.8. The predicted octanol–water partition coefficient (Wildman–Crippen LogP) is 1.53. The molecule has 1 aliphatic heterocycles. The minimum atomic E-state index is -0.586. The summed E-state index contributed by atoms with van der Waals surface area (Å²) < 4.78 is 5.11. The molecule has 1 aliphatic rings. The third-order valence-corrected chi connectivity index (χ3v) is 3.76. The number of carbonyl (C=O) groups excluding carboxylic acids is 2. The number of esters is 1. The van der Waals surface area contributed by atoms with E-state index in [0.717, 1.165) is 16.3 Å². The second-order valence-electron chi connectivity index (χ2n) is 5.46. The summed E-state index contributed by atoms with van der Waals surface area (Å²) in [6, 6.07) is 6.55. The zero-order chi connectivity index (χ0) is 17.1. The fraction of sp³-hybridized carbons (Fsp3) is 0.375. The molecule has 7 heteroatoms. The first-order chi connectivity index (χ1) is 10.9. The molecule has 0 radical (unpaired) electrons. The highest BCUT2D eigenvalue weighted by Crippen LogP contribution is 2.30. The summed E-state index contributed by atoms with van der Waals surface area (Å²) in [6.07, 6.45) is 0. The second kappa shape index (κ2) is 6.70. The topological polar surface area (TPSA) is 87.9 Å². The summed E-state index contributed by atoms with van der Waals surface area (Å²) in [5.41, 5.74) is 2.54. The van der Waals surface area contributed by atoms with Crippen LogP contribution in [0.15, 0.2) is 35.5 Å². The Morgan fingerprint density at radius 3 is 2.48 bits per heavy atom. The smallest absolute Gasteiger partial charge is 0.338 e. The maximum Gasteiger partial charge on any atom is 0.338 e. The Labute approximate surface area is 135 Å². The van der Waals surface area contributed by atoms with Crippen molar-refractivity contribution < 1.29 is 14.3 Å². The van der Waals surface area contributed by atoms with E-state index in [2.05, 4.69) is 5.32 Å². The fourth-order valence-electron chi connectivity index (χ4n) is 2.45. The summed E-state index contributed by atoms with van der Waals surface area (Å²) in [4.78, 5) is 26.3. The Morgan fingerprint density at radius 1 is 1.35 bits per heavy atom. The number of hydrogen-bond donors (Lipinski definition) is 2. The molecular formula is C16H22N4O3. The van der Waals surface area contributed by atoms with Gasteiger partial charge >= 0.3 is 12.0 Å². The maximum atomic E-state index is 12.3. The minimum Gasteiger partial charge on any atom is -0.463 e. The van der Waals surface area contributed by atoms with Gasteiger partial charge < -0.3 is 15.0 Å². The number of nitrogens with zero attached hydrogens (tertiary/aromatic N) is 2. The molecule has 0 spiro atoms. The van der Waals surface area contributed by atoms with Crippen molar-refractivity contribution in [3.8, 4) is 0 Å². The van der Waals surface area contributed by atoms with E-state index in [1.807, 2.05) is 43.3 Å². The molecule has 0 saturated heterocycles. The van der Waals surface area contributed by atoms with Crippen molar-refractivity contribution in [1.82, 2.24) is 10.3 Å². The number of allylic oxidation sites excluding steroid dienone is 1. The van der Waals surface area contributed by atoms with Gasteiger partial charge in [-0.15, -0.1) is 0 Å². The van der Waals surface area contributed by atoms with Crippen LogP contribution in [-0.4, -0.2) is 37.7 Å². The Bertz CT molecular complexity index is 637. The van der Waals surface area contributed by atoms with Crippen molar-refractivity contribution in [2.75, 3.05) is 25.6 Å². The van der Waals surface area contributed by atoms with Gasteiger partial charge in [0.1, 0.15) is 0 Å². The molecule has 0 bridgehead atoms. The summed E-state index contributed by atoms with van der Waals surface area (Å²) in [5.74, 6) is 5.22. The molecule has 0 aliphatic carbocycles. The second-order valence-corrected chi connectivity index (χ2v) is 5.46. The van der Waals surface area contributed by atoms with Crippen LogP contribution in [0.25, 0.3) is 0 Å². The monoisotopic (exact) mass is 318 g/mol. The number of urea groups is 1. The number of rotatable bonds is 4. The Balaban J connectivity index is 2.44. The van der Waals surface area contributed by atoms with E-state index in [9.17, 15) is 9.59 Å². The van der Waals surface area contributed by atoms with Gasteiger partial charge in [0.15, 0.2) is 0 Å². The Kier molecular flexibility index (Phi) is 4.90. The van der Waals surface area contributed by atoms with Crippen LogP contribution in [0.2, 0.25) is 0 Å². The first-order valence-corrected chi connectivity index (χ1v) is 7.37. The molecule has 0 unspecified atom stereocenters. The summed E-state index contributed by atoms with van der Waals surface area (Å²) in [6.45, 7) is 3.61. The first kappa shape index (κ1) is 16.8. The van der Waals surface area contributed by atoms with Crippen LogP contribution in [0.4, 0.5) is 10.5 Å². The SMILES string of the molecule is CCOC(=O)C1=C(C)N(N)C(=O)N[C@H]1c1ccc(N(C)C)cc1. The molecule has 0 saturated carbocycles. The lowest BCUT2D eigenvalue weighted by molar-refractivity contribution is -0.139. The number of nitrogens with one attached hydrogen (secondary N) is 1. The molecule has 0 aromatic heterocycles. The van der Waals surface area contributed by atoms with Gasteiger partial charge in [0.25, 0.3) is 0 Å². The van der Waals surface area contributed by atoms with Crippen LogP contribution in [0.5, 0.6) is 0 Å². The van der Waals surface area contributed by atoms with Crippen molar-refractivity contribution in [1.29, 1.82) is 0 Å². The lowest BCUT2D eigenvalue weighted by atomic mass is 9.95. The summed E-state index contributed by atoms with van der Waals surface area (Å²) >= 11 is 0. The van der Waals surface area contributed by atoms with Crippen molar-refractivity contribution in [3.05, 3.63) is 41.1 Å². The first-order valence-electron chi connectivity index (χ1n) is 7.37. The molecule has 1 aromatic rings. The van der Waals surface area contributed by atoms with Gasteiger partial charge in [-0.3, -0.25) is 0 Å². The molecular weight excluding hydrogens is 296 g/mol. The maximum absolute atomic E-state index is 12.3. The zero-order valence-electron chi connectivity index (χ0n) is 13.8. The lowest BCUT2D eigenvalue weighted by Crippen LogP contribution is -2.51. The van der Waals surface area contributed by atoms with Gasteiger partial charge in [0.2, 0.25) is 0 Å². The van der Waals surface area contributed by atoms with E-state index in [1.165, 1.54) is 0 Å². The number of amides is 2. The van der Waals surface area contributed by atoms with E-state index in [-0.39, 0.29) is 6.61 Å². The number of hydrazine groups is 1. The van der Waals surface area contributed by atoms with Gasteiger partial charge in [-0.25, -0.2) is 20.4 Å². The van der Waals surface area contributed by atoms with E-state index in [0.29, 0.717) is 11.3 Å². The normalized spacial score (nSPS) is 17.9. The third-order valence-electron chi connectivity index (χ3n) is 3.76. The molecule has 124 valence electrons. The molecule has 1 heterocycles. The van der Waals surface area contributed by atoms with Gasteiger partial charge in [0.05, 0.1) is 18.2 Å². The quantitative estimate of drug-likeness (QED) is 0.499. The number of benzene rings is 1. The average molecular weight is 318 g/mol. The number of ether oxygens (including phenoxy) is 1. The molecule has 3 N–H and O–H groups in total. The van der Waals surface area contributed by atoms with Gasteiger partial charge in [0, 0.05) is 25.5 Å². The Morgan fingerprint density at radius 2 is 1.96 bits per heavy atom. The van der Waals surface area contributed by atoms with Crippen LogP contribution < -0.4 is 16.1 Å². The molecule has 1 aromatic carbocycles. The van der Waals surface area contributed by atoms with Crippen molar-refractivity contribution in [2.24, 2.45) is 5.84 Å². The van der Waals surface area contributed by atoms with Crippen molar-refractivity contribution in [3.63, 3.8) is 0 Å². The number of nitrogens with two attached hydrogens (primary N) is 1. The fourth-order valence-corrected chi connectivity index (χ4v) is 2.45. The van der Waals surface area contributed by atoms with Crippen LogP contribution in [0, 0.1) is 0 Å². The number of carbonyl (C=O) groups is 2. The average Bonchev–Trinajstić information content (AvgIpc) is 2.52. The molecule has 23 heavy (non-hydrogen) atoms. The highest BCUT2D eigenvalue weighted by molar-refractivity contribution is 5.94. The molecule has 1 atom stereocenters. The summed E-state index contributed by atoms with van der Waals surface area (Å²) in [5, 5.41) is 3.67. The lowest BCUT2D eigenvalue weighted by Gasteiger charge is -2.32. The van der Waals surface area contributed by atoms with E-state index in [1.54, 1.807) is 13.8 Å². The molecule has 2 amide bonds. The van der Waals surface area contributed by atoms with Crippen LogP contribution in [0.3, 0.4) is 0 Å². The van der Waals surface area contributed by atoms with Crippen LogP contribution >= 0.6 is 0 Å². The summed E-state index contributed by atoms with van der Waals surface area (Å²) in [7, 11) is 3.88. The van der Waals surface area contributed by atoms with Crippen LogP contribution in [-0.2, 0) is 9.53 Å². The van der Waals surface area contributed by atoms with Gasteiger partial charge in [-0.1, -0.05) is 12.1 Å². The third kappa shape index (κ3) is 3.29. The number of hydrogen-bond acceptors (Lipinski definition) is 5. The standard InChI is InChI=1S/C16H22N4O3/c1-5-23-15(21)13-10(2)20(17)16(22)18-14(13)11-6-8-12(9-7-11)19(3)4/h6-9,14H,5,17H2,1-4H3,(H,18,22)/t14-/m0/s1. The minimum absolute atomic E-state index is 0.250. The predicted molar refractivity (Wildman–Crippen MR) is 87.4 cm³/mol. The Hall–Kier alpha value is -2.54. The van der Waals surface area contributed by atoms with Crippen molar-refractivity contribution in [2.45, 2.75) is 19.9 Å². The van der Waals surface area contributed by atoms with Crippen LogP contribution in [0.1, 0.15) is 25.5 Å². The molecule has 7 nitrogen and oxygen atoms in total. The van der Waals surface area contributed by atoms with E-state index < -0.39 is 18.0 Å². The van der Waals surface area contributed by atoms with Gasteiger partial charge in [-0.05, 0) is 31.5 Å². The van der Waals surface area contributed by atoms with Crippen molar-refractivity contribution >= 4 is 17.7 Å². The highest BCUT2D eigenvalue weighted by atomic mass is 16.5. The van der Waals surface area contributed by atoms with Gasteiger partial charge in [-0.2, -0.15) is 0 Å². The number of anilines is 1. The molecule has 0 fully saturated rings.